The minimum absolute atomic E-state index is 0.0894. The number of aromatic nitrogens is 1. The number of rotatable bonds is 7. The number of piperazine rings is 1. The van der Waals surface area contributed by atoms with Gasteiger partial charge in [-0.3, -0.25) is 14.4 Å². The maximum absolute atomic E-state index is 13.1. The second-order valence-electron chi connectivity index (χ2n) is 8.22. The number of amides is 1. The Hall–Kier alpha value is -2.75. The summed E-state index contributed by atoms with van der Waals surface area (Å²) < 4.78 is 27.8. The first-order valence-corrected chi connectivity index (χ1v) is 13.2. The van der Waals surface area contributed by atoms with Crippen molar-refractivity contribution in [1.82, 2.24) is 14.8 Å². The van der Waals surface area contributed by atoms with Crippen LogP contribution in [-0.4, -0.2) is 61.8 Å². The second kappa shape index (κ2) is 10.0. The van der Waals surface area contributed by atoms with Gasteiger partial charge in [0.25, 0.3) is 15.9 Å². The number of nitrogens with zero attached hydrogens (tertiary/aromatic N) is 3. The van der Waals surface area contributed by atoms with Crippen molar-refractivity contribution in [2.24, 2.45) is 0 Å². The summed E-state index contributed by atoms with van der Waals surface area (Å²) in [5.74, 6) is -0.0894. The summed E-state index contributed by atoms with van der Waals surface area (Å²) in [7, 11) is -3.75. The number of benzene rings is 2. The largest absolute Gasteiger partial charge is 0.335 e. The summed E-state index contributed by atoms with van der Waals surface area (Å²) in [6.45, 7) is 7.55. The van der Waals surface area contributed by atoms with Crippen molar-refractivity contribution >= 4 is 32.4 Å². The molecule has 1 fully saturated rings. The molecular formula is C24H28N4O3S2. The molecule has 1 amide bonds. The number of aryl methyl sites for hydroxylation is 2. The monoisotopic (exact) mass is 484 g/mol. The minimum Gasteiger partial charge on any atom is -0.335 e. The number of sulfonamides is 1. The van der Waals surface area contributed by atoms with Gasteiger partial charge in [-0.2, -0.15) is 0 Å². The van der Waals surface area contributed by atoms with E-state index in [1.165, 1.54) is 5.56 Å². The third-order valence-electron chi connectivity index (χ3n) is 5.76. The van der Waals surface area contributed by atoms with Crippen molar-refractivity contribution in [3.05, 3.63) is 76.3 Å². The lowest BCUT2D eigenvalue weighted by Gasteiger charge is -2.34. The van der Waals surface area contributed by atoms with E-state index >= 15 is 0 Å². The van der Waals surface area contributed by atoms with Crippen molar-refractivity contribution in [3.63, 3.8) is 0 Å². The fourth-order valence-corrected chi connectivity index (χ4v) is 5.95. The maximum atomic E-state index is 13.1. The number of carbonyl (C=O) groups is 1. The van der Waals surface area contributed by atoms with E-state index in [0.717, 1.165) is 43.0 Å². The van der Waals surface area contributed by atoms with Gasteiger partial charge in [0.2, 0.25) is 0 Å². The molecule has 174 valence electrons. The third-order valence-corrected chi connectivity index (χ3v) is 8.31. The van der Waals surface area contributed by atoms with Crippen LogP contribution in [0.15, 0.2) is 59.5 Å². The number of anilines is 1. The molecule has 0 atom stereocenters. The van der Waals surface area contributed by atoms with E-state index in [9.17, 15) is 13.2 Å². The van der Waals surface area contributed by atoms with Crippen molar-refractivity contribution in [2.45, 2.75) is 25.2 Å². The van der Waals surface area contributed by atoms with Gasteiger partial charge in [-0.05, 0) is 38.0 Å². The van der Waals surface area contributed by atoms with Gasteiger partial charge in [0, 0.05) is 32.7 Å². The van der Waals surface area contributed by atoms with Gasteiger partial charge in [0.1, 0.15) is 4.88 Å². The molecule has 3 aromatic rings. The summed E-state index contributed by atoms with van der Waals surface area (Å²) in [6.07, 6.45) is 0.993. The first-order chi connectivity index (χ1) is 15.8. The highest BCUT2D eigenvalue weighted by atomic mass is 32.2. The average molecular weight is 485 g/mol. The molecule has 0 radical (unpaired) electrons. The summed E-state index contributed by atoms with van der Waals surface area (Å²) in [5.41, 5.74) is 2.84. The number of hydrogen-bond acceptors (Lipinski definition) is 6. The lowest BCUT2D eigenvalue weighted by Crippen LogP contribution is -2.49. The Morgan fingerprint density at radius 2 is 1.67 bits per heavy atom. The van der Waals surface area contributed by atoms with E-state index in [-0.39, 0.29) is 15.9 Å². The minimum atomic E-state index is -3.75. The molecule has 0 saturated carbocycles. The first kappa shape index (κ1) is 23.4. The van der Waals surface area contributed by atoms with Gasteiger partial charge in [-0.1, -0.05) is 59.4 Å². The average Bonchev–Trinajstić information content (AvgIpc) is 3.17. The molecular weight excluding hydrogens is 456 g/mol. The predicted octanol–water partition coefficient (Wildman–Crippen LogP) is 3.56. The normalized spacial score (nSPS) is 14.9. The molecule has 1 N–H and O–H groups in total. The summed E-state index contributed by atoms with van der Waals surface area (Å²) >= 11 is 1.09. The van der Waals surface area contributed by atoms with Crippen LogP contribution in [0.5, 0.6) is 0 Å². The third kappa shape index (κ3) is 5.79. The van der Waals surface area contributed by atoms with Gasteiger partial charge < -0.3 is 4.90 Å². The van der Waals surface area contributed by atoms with Crippen LogP contribution in [0.25, 0.3) is 0 Å². The van der Waals surface area contributed by atoms with Gasteiger partial charge in [-0.25, -0.2) is 13.4 Å². The quantitative estimate of drug-likeness (QED) is 0.555. The molecule has 0 spiro atoms. The van der Waals surface area contributed by atoms with Gasteiger partial charge >= 0.3 is 0 Å². The molecule has 2 aromatic carbocycles. The standard InChI is InChI=1S/C24H28N4O3S2/c1-18-8-10-21(11-9-18)33(30,31)26-24-25-19(2)22(32-24)23(29)28-16-14-27(15-17-28)13-12-20-6-4-3-5-7-20/h3-11H,12-17H2,1-2H3,(H,25,26). The first-order valence-electron chi connectivity index (χ1n) is 10.9. The van der Waals surface area contributed by atoms with Crippen molar-refractivity contribution in [3.8, 4) is 0 Å². The van der Waals surface area contributed by atoms with E-state index in [0.29, 0.717) is 23.7 Å². The lowest BCUT2D eigenvalue weighted by molar-refractivity contribution is 0.0642. The Morgan fingerprint density at radius 3 is 2.33 bits per heavy atom. The molecule has 33 heavy (non-hydrogen) atoms. The van der Waals surface area contributed by atoms with Gasteiger partial charge in [-0.15, -0.1) is 0 Å². The van der Waals surface area contributed by atoms with E-state index in [4.69, 9.17) is 0 Å². The second-order valence-corrected chi connectivity index (χ2v) is 10.9. The Balaban J connectivity index is 1.35. The van der Waals surface area contributed by atoms with Crippen LogP contribution < -0.4 is 4.72 Å². The Bertz CT molecular complexity index is 1200. The smallest absolute Gasteiger partial charge is 0.266 e. The Labute approximate surface area is 199 Å². The fraction of sp³-hybridized carbons (Fsp3) is 0.333. The fourth-order valence-electron chi connectivity index (χ4n) is 3.78. The van der Waals surface area contributed by atoms with Gasteiger partial charge in [0.05, 0.1) is 10.6 Å². The van der Waals surface area contributed by atoms with Gasteiger partial charge in [0.15, 0.2) is 5.13 Å². The van der Waals surface area contributed by atoms with Crippen LogP contribution in [0.3, 0.4) is 0 Å². The Morgan fingerprint density at radius 1 is 1.00 bits per heavy atom. The predicted molar refractivity (Wildman–Crippen MR) is 131 cm³/mol. The number of nitrogens with one attached hydrogen (secondary N) is 1. The molecule has 1 aliphatic heterocycles. The maximum Gasteiger partial charge on any atom is 0.266 e. The molecule has 1 saturated heterocycles. The van der Waals surface area contributed by atoms with E-state index in [1.54, 1.807) is 31.2 Å². The number of carbonyl (C=O) groups excluding carboxylic acids is 1. The topological polar surface area (TPSA) is 82.6 Å². The van der Waals surface area contributed by atoms with Crippen LogP contribution in [-0.2, 0) is 16.4 Å². The lowest BCUT2D eigenvalue weighted by atomic mass is 10.1. The zero-order chi connectivity index (χ0) is 23.4. The number of thiazole rings is 1. The molecule has 4 rings (SSSR count). The molecule has 2 heterocycles. The molecule has 0 unspecified atom stereocenters. The SMILES string of the molecule is Cc1ccc(S(=O)(=O)Nc2nc(C)c(C(=O)N3CCN(CCc4ccccc4)CC3)s2)cc1. The highest BCUT2D eigenvalue weighted by Crippen LogP contribution is 2.27. The van der Waals surface area contributed by atoms with Crippen molar-refractivity contribution in [2.75, 3.05) is 37.4 Å². The molecule has 1 aromatic heterocycles. The summed E-state index contributed by atoms with van der Waals surface area (Å²) in [4.78, 5) is 22.2. The molecule has 9 heteroatoms. The molecule has 1 aliphatic rings. The number of hydrogen-bond donors (Lipinski definition) is 1. The zero-order valence-electron chi connectivity index (χ0n) is 18.8. The highest BCUT2D eigenvalue weighted by Gasteiger charge is 2.26. The van der Waals surface area contributed by atoms with E-state index in [1.807, 2.05) is 17.9 Å². The molecule has 0 bridgehead atoms. The van der Waals surface area contributed by atoms with Crippen LogP contribution >= 0.6 is 11.3 Å². The van der Waals surface area contributed by atoms with E-state index < -0.39 is 10.0 Å². The molecule has 0 aliphatic carbocycles. The van der Waals surface area contributed by atoms with Crippen LogP contribution in [0.1, 0.15) is 26.5 Å². The highest BCUT2D eigenvalue weighted by molar-refractivity contribution is 7.93. The molecule has 7 nitrogen and oxygen atoms in total. The summed E-state index contributed by atoms with van der Waals surface area (Å²) in [6, 6.07) is 17.0. The van der Waals surface area contributed by atoms with E-state index in [2.05, 4.69) is 38.9 Å². The summed E-state index contributed by atoms with van der Waals surface area (Å²) in [5, 5.41) is 0.206. The Kier molecular flexibility index (Phi) is 7.11. The van der Waals surface area contributed by atoms with Crippen molar-refractivity contribution in [1.29, 1.82) is 0 Å². The van der Waals surface area contributed by atoms with Crippen LogP contribution in [0.4, 0.5) is 5.13 Å². The van der Waals surface area contributed by atoms with Crippen LogP contribution in [0, 0.1) is 13.8 Å². The van der Waals surface area contributed by atoms with Crippen LogP contribution in [0.2, 0.25) is 0 Å². The van der Waals surface area contributed by atoms with Crippen molar-refractivity contribution < 1.29 is 13.2 Å². The zero-order valence-corrected chi connectivity index (χ0v) is 20.5.